The third-order valence-corrected chi connectivity index (χ3v) is 3.20. The monoisotopic (exact) mass is 304 g/mol. The number of rotatable bonds is 3. The van der Waals surface area contributed by atoms with Crippen LogP contribution in [0.25, 0.3) is 0 Å². The number of hydrogen-bond acceptors (Lipinski definition) is 2. The van der Waals surface area contributed by atoms with E-state index in [1.54, 1.807) is 12.1 Å². The van der Waals surface area contributed by atoms with Gasteiger partial charge in [0.25, 0.3) is 0 Å². The molecule has 0 aromatic heterocycles. The number of hydrogen-bond donors (Lipinski definition) is 1. The van der Waals surface area contributed by atoms with Gasteiger partial charge in [0.15, 0.2) is 0 Å². The molecule has 0 aliphatic carbocycles. The lowest BCUT2D eigenvalue weighted by molar-refractivity contribution is 0.305. The van der Waals surface area contributed by atoms with Crippen molar-refractivity contribution >= 4 is 11.6 Å². The highest BCUT2D eigenvalue weighted by Crippen LogP contribution is 2.20. The number of aliphatic hydroxyl groups is 1. The van der Waals surface area contributed by atoms with Gasteiger partial charge in [0.1, 0.15) is 24.8 Å². The largest absolute Gasteiger partial charge is 0.489 e. The molecular weight excluding hydrogens is 291 g/mol. The highest BCUT2D eigenvalue weighted by molar-refractivity contribution is 6.30. The summed E-state index contributed by atoms with van der Waals surface area (Å²) in [5, 5.41) is 8.79. The molecule has 2 aromatic carbocycles. The van der Waals surface area contributed by atoms with Crippen LogP contribution in [0.2, 0.25) is 5.02 Å². The molecule has 4 heteroatoms. The second-order valence-corrected chi connectivity index (χ2v) is 4.88. The van der Waals surface area contributed by atoms with E-state index in [1.165, 1.54) is 12.1 Å². The van der Waals surface area contributed by atoms with Crippen molar-refractivity contribution in [1.82, 2.24) is 0 Å². The highest BCUT2D eigenvalue weighted by Gasteiger charge is 2.03. The Balaban J connectivity index is 2.06. The first-order chi connectivity index (χ1) is 10.1. The fourth-order valence-corrected chi connectivity index (χ4v) is 1.91. The van der Waals surface area contributed by atoms with Crippen LogP contribution in [0.1, 0.15) is 16.7 Å². The summed E-state index contributed by atoms with van der Waals surface area (Å²) in [4.78, 5) is 0. The maximum Gasteiger partial charge on any atom is 0.142 e. The van der Waals surface area contributed by atoms with Crippen LogP contribution in [0.5, 0.6) is 5.75 Å². The predicted octanol–water partition coefficient (Wildman–Crippen LogP) is 3.71. The van der Waals surface area contributed by atoms with E-state index < -0.39 is 5.82 Å². The van der Waals surface area contributed by atoms with Gasteiger partial charge in [-0.05, 0) is 48.4 Å². The molecule has 0 aliphatic rings. The molecule has 0 aliphatic heterocycles. The minimum absolute atomic E-state index is 0.0985. The van der Waals surface area contributed by atoms with E-state index in [1.807, 2.05) is 19.1 Å². The van der Waals surface area contributed by atoms with Crippen molar-refractivity contribution in [2.75, 3.05) is 6.61 Å². The number of aryl methyl sites for hydroxylation is 1. The van der Waals surface area contributed by atoms with E-state index in [4.69, 9.17) is 21.4 Å². The normalized spacial score (nSPS) is 9.90. The fraction of sp³-hybridized carbons (Fsp3) is 0.176. The van der Waals surface area contributed by atoms with Crippen LogP contribution >= 0.6 is 11.6 Å². The Labute approximate surface area is 128 Å². The van der Waals surface area contributed by atoms with E-state index in [0.717, 1.165) is 11.1 Å². The molecule has 0 saturated heterocycles. The predicted molar refractivity (Wildman–Crippen MR) is 80.9 cm³/mol. The number of aliphatic hydroxyl groups excluding tert-OH is 1. The van der Waals surface area contributed by atoms with Crippen molar-refractivity contribution in [2.45, 2.75) is 13.5 Å². The lowest BCUT2D eigenvalue weighted by Gasteiger charge is -2.08. The molecule has 0 heterocycles. The summed E-state index contributed by atoms with van der Waals surface area (Å²) in [6, 6.07) is 10.1. The first kappa shape index (κ1) is 15.4. The summed E-state index contributed by atoms with van der Waals surface area (Å²) in [6.45, 7) is 2.01. The number of halogens is 2. The van der Waals surface area contributed by atoms with Gasteiger partial charge >= 0.3 is 0 Å². The third-order valence-electron chi connectivity index (χ3n) is 2.89. The van der Waals surface area contributed by atoms with Gasteiger partial charge < -0.3 is 9.84 Å². The molecule has 21 heavy (non-hydrogen) atoms. The summed E-state index contributed by atoms with van der Waals surface area (Å²) in [6.07, 6.45) is 0. The maximum absolute atomic E-state index is 13.3. The van der Waals surface area contributed by atoms with Gasteiger partial charge in [-0.25, -0.2) is 4.39 Å². The van der Waals surface area contributed by atoms with E-state index >= 15 is 0 Å². The molecule has 0 saturated carbocycles. The van der Waals surface area contributed by atoms with Crippen LogP contribution in [0.4, 0.5) is 4.39 Å². The zero-order valence-electron chi connectivity index (χ0n) is 11.5. The summed E-state index contributed by atoms with van der Waals surface area (Å²) >= 11 is 5.63. The van der Waals surface area contributed by atoms with Gasteiger partial charge in [0, 0.05) is 5.56 Å². The molecule has 0 atom stereocenters. The minimum Gasteiger partial charge on any atom is -0.489 e. The molecule has 1 N–H and O–H groups in total. The molecule has 108 valence electrons. The zero-order valence-corrected chi connectivity index (χ0v) is 12.2. The van der Waals surface area contributed by atoms with Crippen molar-refractivity contribution in [1.29, 1.82) is 0 Å². The Morgan fingerprint density at radius 1 is 1.24 bits per heavy atom. The Hall–Kier alpha value is -2.02. The summed E-state index contributed by atoms with van der Waals surface area (Å²) in [7, 11) is 0. The fourth-order valence-electron chi connectivity index (χ4n) is 1.80. The maximum atomic E-state index is 13.3. The molecule has 2 rings (SSSR count). The molecule has 2 aromatic rings. The van der Waals surface area contributed by atoms with Gasteiger partial charge in [0.2, 0.25) is 0 Å². The van der Waals surface area contributed by atoms with E-state index in [-0.39, 0.29) is 18.2 Å². The highest BCUT2D eigenvalue weighted by atomic mass is 35.5. The van der Waals surface area contributed by atoms with Crippen LogP contribution in [0.15, 0.2) is 36.4 Å². The van der Waals surface area contributed by atoms with Crippen molar-refractivity contribution < 1.29 is 14.2 Å². The van der Waals surface area contributed by atoms with Crippen LogP contribution in [-0.2, 0) is 6.61 Å². The van der Waals surface area contributed by atoms with Gasteiger partial charge in [-0.15, -0.1) is 0 Å². The van der Waals surface area contributed by atoms with Crippen LogP contribution < -0.4 is 4.74 Å². The standard InChI is InChI=1S/C17H14ClFO2/c1-12-9-15(6-5-14(12)3-2-8-20)21-11-13-4-7-16(18)17(19)10-13/h4-7,9-10,20H,8,11H2,1H3. The first-order valence-electron chi connectivity index (χ1n) is 6.37. The molecule has 0 bridgehead atoms. The van der Waals surface area contributed by atoms with Crippen LogP contribution in [0, 0.1) is 24.6 Å². The molecule has 0 amide bonds. The van der Waals surface area contributed by atoms with Gasteiger partial charge in [-0.1, -0.05) is 29.5 Å². The number of benzene rings is 2. The lowest BCUT2D eigenvalue weighted by atomic mass is 10.1. The van der Waals surface area contributed by atoms with Crippen molar-refractivity contribution in [3.05, 3.63) is 63.9 Å². The molecule has 0 spiro atoms. The number of ether oxygens (including phenoxy) is 1. The van der Waals surface area contributed by atoms with Crippen LogP contribution in [-0.4, -0.2) is 11.7 Å². The van der Waals surface area contributed by atoms with Crippen LogP contribution in [0.3, 0.4) is 0 Å². The van der Waals surface area contributed by atoms with Gasteiger partial charge in [-0.3, -0.25) is 0 Å². The molecule has 0 unspecified atom stereocenters. The average molecular weight is 305 g/mol. The van der Waals surface area contributed by atoms with Crippen molar-refractivity contribution in [3.63, 3.8) is 0 Å². The SMILES string of the molecule is Cc1cc(OCc2ccc(Cl)c(F)c2)ccc1C#CCO. The Morgan fingerprint density at radius 3 is 2.71 bits per heavy atom. The van der Waals surface area contributed by atoms with E-state index in [9.17, 15) is 4.39 Å². The topological polar surface area (TPSA) is 29.5 Å². The molecule has 2 nitrogen and oxygen atoms in total. The zero-order chi connectivity index (χ0) is 15.2. The lowest BCUT2D eigenvalue weighted by Crippen LogP contribution is -1.97. The summed E-state index contributed by atoms with van der Waals surface area (Å²) < 4.78 is 18.9. The quantitative estimate of drug-likeness (QED) is 0.876. The van der Waals surface area contributed by atoms with E-state index in [0.29, 0.717) is 11.3 Å². The van der Waals surface area contributed by atoms with Gasteiger partial charge in [-0.2, -0.15) is 0 Å². The Morgan fingerprint density at radius 2 is 2.05 bits per heavy atom. The van der Waals surface area contributed by atoms with Gasteiger partial charge in [0.05, 0.1) is 5.02 Å². The average Bonchev–Trinajstić information content (AvgIpc) is 2.47. The van der Waals surface area contributed by atoms with E-state index in [2.05, 4.69) is 11.8 Å². The molecule has 0 fully saturated rings. The second-order valence-electron chi connectivity index (χ2n) is 4.47. The summed E-state index contributed by atoms with van der Waals surface area (Å²) in [5.74, 6) is 5.69. The van der Waals surface area contributed by atoms with Crippen molar-refractivity contribution in [2.24, 2.45) is 0 Å². The summed E-state index contributed by atoms with van der Waals surface area (Å²) in [5.41, 5.74) is 2.50. The smallest absolute Gasteiger partial charge is 0.142 e. The second kappa shape index (κ2) is 7.12. The Bertz CT molecular complexity index is 702. The van der Waals surface area contributed by atoms with Crippen molar-refractivity contribution in [3.8, 4) is 17.6 Å². The third kappa shape index (κ3) is 4.22. The Kier molecular flexibility index (Phi) is 5.21. The first-order valence-corrected chi connectivity index (χ1v) is 6.75. The molecule has 0 radical (unpaired) electrons. The molecular formula is C17H14ClFO2. The minimum atomic E-state index is -0.455.